The molecule has 4 aliphatic carbocycles. The molecule has 0 aliphatic heterocycles. The first-order valence-electron chi connectivity index (χ1n) is 16.2. The molecule has 0 heterocycles. The van der Waals surface area contributed by atoms with E-state index in [1.165, 1.54) is 0 Å². The van der Waals surface area contributed by atoms with E-state index in [4.69, 9.17) is 20.1 Å². The lowest BCUT2D eigenvalue weighted by molar-refractivity contribution is -0.207. The molecule has 0 saturated heterocycles. The number of carbonyl (C=O) groups excluding carboxylic acids is 2. The minimum atomic E-state index is -0.484. The third-order valence-corrected chi connectivity index (χ3v) is 12.6. The SMILES string of the molecule is COC(OC)c1ccc(C(=O)O[C@@H]2CC[C@@]3(C)[C@@H](C2)C[C@@H](O)[C@@H]2[C@@H]3C[C@H](O)[C@]3(C)[C@@H]([C@H](C)CCC(=O)NN)CC[C@@H]23)cc1. The van der Waals surface area contributed by atoms with E-state index >= 15 is 0 Å². The normalized spacial score (nSPS) is 39.4. The molecule has 1 amide bonds. The van der Waals surface area contributed by atoms with Crippen LogP contribution in [-0.2, 0) is 19.0 Å². The van der Waals surface area contributed by atoms with Crippen LogP contribution < -0.4 is 11.3 Å². The van der Waals surface area contributed by atoms with Gasteiger partial charge in [0.15, 0.2) is 6.29 Å². The van der Waals surface area contributed by atoms with E-state index in [2.05, 4.69) is 26.2 Å². The highest BCUT2D eigenvalue weighted by Gasteiger charge is 2.65. The van der Waals surface area contributed by atoms with Gasteiger partial charge in [0, 0.05) is 26.2 Å². The van der Waals surface area contributed by atoms with Gasteiger partial charge in [0.25, 0.3) is 0 Å². The van der Waals surface area contributed by atoms with Gasteiger partial charge in [-0.25, -0.2) is 10.6 Å². The van der Waals surface area contributed by atoms with Gasteiger partial charge in [-0.05, 0) is 110 Å². The van der Waals surface area contributed by atoms with E-state index in [0.29, 0.717) is 30.7 Å². The molecule has 240 valence electrons. The van der Waals surface area contributed by atoms with Crippen molar-refractivity contribution < 1.29 is 34.0 Å². The number of carbonyl (C=O) groups is 2. The minimum absolute atomic E-state index is 0.0189. The van der Waals surface area contributed by atoms with E-state index in [0.717, 1.165) is 44.1 Å². The summed E-state index contributed by atoms with van der Waals surface area (Å²) in [5.74, 6) is 6.25. The third kappa shape index (κ3) is 5.76. The largest absolute Gasteiger partial charge is 0.459 e. The highest BCUT2D eigenvalue weighted by Crippen LogP contribution is 2.68. The van der Waals surface area contributed by atoms with Crippen LogP contribution in [0.15, 0.2) is 24.3 Å². The summed E-state index contributed by atoms with van der Waals surface area (Å²) in [6, 6.07) is 7.12. The summed E-state index contributed by atoms with van der Waals surface area (Å²) in [4.78, 5) is 24.9. The van der Waals surface area contributed by atoms with Gasteiger partial charge in [0.05, 0.1) is 17.8 Å². The number of aliphatic hydroxyl groups excluding tert-OH is 2. The highest BCUT2D eigenvalue weighted by molar-refractivity contribution is 5.89. The van der Waals surface area contributed by atoms with Crippen LogP contribution in [0.25, 0.3) is 0 Å². The summed E-state index contributed by atoms with van der Waals surface area (Å²) in [7, 11) is 3.15. The summed E-state index contributed by atoms with van der Waals surface area (Å²) < 4.78 is 16.6. The zero-order valence-corrected chi connectivity index (χ0v) is 26.5. The number of hydrogen-bond donors (Lipinski definition) is 4. The number of nitrogens with two attached hydrogens (primary N) is 1. The number of methoxy groups -OCH3 is 2. The monoisotopic (exact) mass is 600 g/mol. The zero-order chi connectivity index (χ0) is 31.1. The Balaban J connectivity index is 1.26. The van der Waals surface area contributed by atoms with Crippen molar-refractivity contribution >= 4 is 11.9 Å². The van der Waals surface area contributed by atoms with Gasteiger partial charge >= 0.3 is 5.97 Å². The maximum absolute atomic E-state index is 13.1. The maximum atomic E-state index is 13.1. The van der Waals surface area contributed by atoms with Crippen molar-refractivity contribution in [2.24, 2.45) is 52.2 Å². The Hall–Kier alpha value is -2.04. The topological polar surface area (TPSA) is 140 Å². The van der Waals surface area contributed by atoms with Crippen molar-refractivity contribution in [3.63, 3.8) is 0 Å². The van der Waals surface area contributed by atoms with Crippen LogP contribution in [0.3, 0.4) is 0 Å². The van der Waals surface area contributed by atoms with Crippen LogP contribution in [0.1, 0.15) is 101 Å². The van der Waals surface area contributed by atoms with Gasteiger partial charge in [-0.1, -0.05) is 32.9 Å². The van der Waals surface area contributed by atoms with Gasteiger partial charge in [-0.2, -0.15) is 0 Å². The molecule has 1 aromatic rings. The van der Waals surface area contributed by atoms with Crippen molar-refractivity contribution in [1.29, 1.82) is 0 Å². The second-order valence-corrected chi connectivity index (χ2v) is 14.4. The Morgan fingerprint density at radius 3 is 2.37 bits per heavy atom. The molecule has 5 N–H and O–H groups in total. The molecule has 4 saturated carbocycles. The Morgan fingerprint density at radius 2 is 1.72 bits per heavy atom. The van der Waals surface area contributed by atoms with Gasteiger partial charge in [-0.3, -0.25) is 10.2 Å². The summed E-state index contributed by atoms with van der Waals surface area (Å²) in [5.41, 5.74) is 3.26. The lowest BCUT2D eigenvalue weighted by Crippen LogP contribution is -2.62. The average molecular weight is 601 g/mol. The van der Waals surface area contributed by atoms with E-state index in [9.17, 15) is 19.8 Å². The maximum Gasteiger partial charge on any atom is 0.338 e. The fraction of sp³-hybridized carbons (Fsp3) is 0.765. The number of amides is 1. The van der Waals surface area contributed by atoms with Crippen LogP contribution in [-0.4, -0.2) is 54.6 Å². The number of aliphatic hydroxyl groups is 2. The van der Waals surface area contributed by atoms with Crippen molar-refractivity contribution in [1.82, 2.24) is 5.43 Å². The molecule has 4 aliphatic rings. The van der Waals surface area contributed by atoms with Crippen LogP contribution in [0.4, 0.5) is 0 Å². The quantitative estimate of drug-likeness (QED) is 0.107. The number of benzene rings is 1. The molecule has 43 heavy (non-hydrogen) atoms. The van der Waals surface area contributed by atoms with Crippen LogP contribution >= 0.6 is 0 Å². The molecule has 9 heteroatoms. The lowest BCUT2D eigenvalue weighted by Gasteiger charge is -2.63. The van der Waals surface area contributed by atoms with Crippen LogP contribution in [0, 0.1) is 46.3 Å². The molecule has 4 fully saturated rings. The fourth-order valence-electron chi connectivity index (χ4n) is 10.2. The Morgan fingerprint density at radius 1 is 1.02 bits per heavy atom. The first kappa shape index (κ1) is 32.4. The van der Waals surface area contributed by atoms with Gasteiger partial charge in [0.1, 0.15) is 6.10 Å². The molecule has 11 atom stereocenters. The molecule has 0 unspecified atom stereocenters. The number of hydrogen-bond acceptors (Lipinski definition) is 8. The van der Waals surface area contributed by atoms with E-state index < -0.39 is 18.5 Å². The Bertz CT molecular complexity index is 1140. The van der Waals surface area contributed by atoms with Crippen LogP contribution in [0.2, 0.25) is 0 Å². The Kier molecular flexibility index (Phi) is 9.60. The number of ether oxygens (including phenoxy) is 3. The number of fused-ring (bicyclic) bond motifs is 5. The second-order valence-electron chi connectivity index (χ2n) is 14.4. The number of hydrazine groups is 1. The number of esters is 1. The molecule has 0 aromatic heterocycles. The molecule has 0 spiro atoms. The molecule has 9 nitrogen and oxygen atoms in total. The Labute approximate surface area is 256 Å². The van der Waals surface area contributed by atoms with Crippen molar-refractivity contribution in [3.05, 3.63) is 35.4 Å². The third-order valence-electron chi connectivity index (χ3n) is 12.6. The average Bonchev–Trinajstić information content (AvgIpc) is 3.36. The van der Waals surface area contributed by atoms with Gasteiger partial charge < -0.3 is 24.4 Å². The van der Waals surface area contributed by atoms with Gasteiger partial charge in [-0.15, -0.1) is 0 Å². The molecular formula is C34H52N2O7. The summed E-state index contributed by atoms with van der Waals surface area (Å²) in [6.07, 6.45) is 5.40. The fourth-order valence-corrected chi connectivity index (χ4v) is 10.2. The smallest absolute Gasteiger partial charge is 0.338 e. The second kappa shape index (κ2) is 12.8. The first-order valence-corrected chi connectivity index (χ1v) is 16.2. The summed E-state index contributed by atoms with van der Waals surface area (Å²) in [6.45, 7) is 6.79. The zero-order valence-electron chi connectivity index (χ0n) is 26.5. The van der Waals surface area contributed by atoms with Crippen molar-refractivity contribution in [2.75, 3.05) is 14.2 Å². The molecule has 5 rings (SSSR count). The minimum Gasteiger partial charge on any atom is -0.459 e. The standard InChI is InChI=1S/C34H52N2O7/c1-19(6-13-29(39)36-35)24-11-12-25-30-26(18-28(38)34(24,25)3)33(2)15-14-23(16-22(33)17-27(30)37)43-31(40)20-7-9-21(10-8-20)32(41-4)42-5/h7-10,19,22-28,30,32,37-38H,6,11-18,35H2,1-5H3,(H,36,39)/t19-,22+,23-,24-,25+,26+,27-,28+,30+,33+,34-/m1/s1. The summed E-state index contributed by atoms with van der Waals surface area (Å²) in [5, 5.41) is 23.5. The summed E-state index contributed by atoms with van der Waals surface area (Å²) >= 11 is 0. The van der Waals surface area contributed by atoms with Crippen LogP contribution in [0.5, 0.6) is 0 Å². The first-order chi connectivity index (χ1) is 20.5. The van der Waals surface area contributed by atoms with E-state index in [1.807, 2.05) is 12.1 Å². The number of rotatable bonds is 9. The van der Waals surface area contributed by atoms with E-state index in [1.54, 1.807) is 26.4 Å². The van der Waals surface area contributed by atoms with Gasteiger partial charge in [0.2, 0.25) is 5.91 Å². The molecule has 1 aromatic carbocycles. The molecule has 0 bridgehead atoms. The predicted octanol–water partition coefficient (Wildman–Crippen LogP) is 4.51. The predicted molar refractivity (Wildman–Crippen MR) is 161 cm³/mol. The van der Waals surface area contributed by atoms with Crippen molar-refractivity contribution in [2.45, 2.75) is 103 Å². The van der Waals surface area contributed by atoms with Crippen molar-refractivity contribution in [3.8, 4) is 0 Å². The lowest BCUT2D eigenvalue weighted by atomic mass is 9.43. The number of nitrogens with one attached hydrogen (secondary N) is 1. The van der Waals surface area contributed by atoms with E-state index in [-0.39, 0.29) is 58.4 Å². The molecular weight excluding hydrogens is 548 g/mol. The molecule has 0 radical (unpaired) electrons. The highest BCUT2D eigenvalue weighted by atomic mass is 16.7.